The minimum Gasteiger partial charge on any atom is -0.368 e. The fourth-order valence-electron chi connectivity index (χ4n) is 5.48. The van der Waals surface area contributed by atoms with Crippen LogP contribution in [0.5, 0.6) is 0 Å². The van der Waals surface area contributed by atoms with Gasteiger partial charge in [-0.25, -0.2) is 0 Å². The van der Waals surface area contributed by atoms with Gasteiger partial charge in [0.25, 0.3) is 11.8 Å². The van der Waals surface area contributed by atoms with Gasteiger partial charge in [-0.2, -0.15) is 13.2 Å². The summed E-state index contributed by atoms with van der Waals surface area (Å²) in [6.07, 6.45) is -2.54. The van der Waals surface area contributed by atoms with Crippen molar-refractivity contribution < 1.29 is 22.8 Å². The lowest BCUT2D eigenvalue weighted by Crippen LogP contribution is -2.48. The number of aryl methyl sites for hydroxylation is 1. The number of piperazine rings is 1. The predicted molar refractivity (Wildman–Crippen MR) is 169 cm³/mol. The molecule has 0 saturated carbocycles. The lowest BCUT2D eigenvalue weighted by atomic mass is 10.1. The minimum absolute atomic E-state index is 0.0734. The predicted octanol–water partition coefficient (Wildman–Crippen LogP) is 7.66. The molecule has 0 atom stereocenters. The van der Waals surface area contributed by atoms with Crippen molar-refractivity contribution in [2.75, 3.05) is 36.0 Å². The molecule has 44 heavy (non-hydrogen) atoms. The third-order valence-electron chi connectivity index (χ3n) is 7.98. The van der Waals surface area contributed by atoms with Crippen LogP contribution in [0.25, 0.3) is 6.08 Å². The third kappa shape index (κ3) is 6.24. The Hall–Kier alpha value is -4.50. The summed E-state index contributed by atoms with van der Waals surface area (Å²) in [5.74, 6) is -0.204. The van der Waals surface area contributed by atoms with Crippen molar-refractivity contribution in [3.8, 4) is 0 Å². The zero-order valence-corrected chi connectivity index (χ0v) is 24.9. The van der Waals surface area contributed by atoms with E-state index in [2.05, 4.69) is 0 Å². The smallest absolute Gasteiger partial charge is 0.368 e. The Kier molecular flexibility index (Phi) is 8.23. The Morgan fingerprint density at radius 2 is 1.57 bits per heavy atom. The first-order chi connectivity index (χ1) is 21.2. The summed E-state index contributed by atoms with van der Waals surface area (Å²) in [7, 11) is 0. The highest BCUT2D eigenvalue weighted by atomic mass is 32.2. The van der Waals surface area contributed by atoms with E-state index in [4.69, 9.17) is 0 Å². The summed E-state index contributed by atoms with van der Waals surface area (Å²) >= 11 is 1.44. The number of anilines is 2. The monoisotopic (exact) mass is 613 g/mol. The number of rotatable bonds is 5. The van der Waals surface area contributed by atoms with Gasteiger partial charge in [-0.15, -0.1) is 0 Å². The molecular formula is C35H30F3N3O2S. The number of hydrogen-bond acceptors (Lipinski definition) is 4. The zero-order valence-electron chi connectivity index (χ0n) is 24.1. The van der Waals surface area contributed by atoms with Crippen molar-refractivity contribution in [1.82, 2.24) is 4.90 Å². The maximum atomic E-state index is 13.7. The van der Waals surface area contributed by atoms with Gasteiger partial charge in [0.2, 0.25) is 0 Å². The van der Waals surface area contributed by atoms with Gasteiger partial charge in [0, 0.05) is 42.3 Å². The average molecular weight is 614 g/mol. The number of benzene rings is 4. The van der Waals surface area contributed by atoms with E-state index in [0.717, 1.165) is 39.4 Å². The summed E-state index contributed by atoms with van der Waals surface area (Å²) in [6, 6.07) is 28.4. The Bertz CT molecular complexity index is 1730. The quantitative estimate of drug-likeness (QED) is 0.217. The molecule has 6 rings (SSSR count). The fourth-order valence-corrected chi connectivity index (χ4v) is 6.54. The highest BCUT2D eigenvalue weighted by Crippen LogP contribution is 2.43. The van der Waals surface area contributed by atoms with Crippen LogP contribution in [0.4, 0.5) is 24.5 Å². The minimum atomic E-state index is -4.40. The molecule has 2 heterocycles. The normalized spacial score (nSPS) is 16.3. The molecule has 0 spiro atoms. The van der Waals surface area contributed by atoms with Crippen LogP contribution < -0.4 is 9.80 Å². The second kappa shape index (κ2) is 12.2. The molecule has 9 heteroatoms. The number of thioether (sulfide) groups is 1. The van der Waals surface area contributed by atoms with Crippen LogP contribution in [0.3, 0.4) is 0 Å². The van der Waals surface area contributed by atoms with E-state index in [0.29, 0.717) is 48.9 Å². The topological polar surface area (TPSA) is 43.9 Å². The molecule has 4 aromatic carbocycles. The van der Waals surface area contributed by atoms with Gasteiger partial charge in [-0.3, -0.25) is 9.59 Å². The van der Waals surface area contributed by atoms with Crippen LogP contribution in [0.1, 0.15) is 32.6 Å². The maximum absolute atomic E-state index is 13.7. The highest BCUT2D eigenvalue weighted by molar-refractivity contribution is 8.04. The van der Waals surface area contributed by atoms with Crippen LogP contribution in [-0.4, -0.2) is 42.9 Å². The Labute approximate surface area is 258 Å². The molecule has 0 N–H and O–H groups in total. The van der Waals surface area contributed by atoms with Crippen molar-refractivity contribution in [2.45, 2.75) is 24.5 Å². The number of amides is 2. The zero-order chi connectivity index (χ0) is 30.8. The van der Waals surface area contributed by atoms with Crippen LogP contribution in [0, 0.1) is 6.92 Å². The summed E-state index contributed by atoms with van der Waals surface area (Å²) < 4.78 is 39.4. The standard InChI is InChI=1S/C35H30F3N3O2S/c1-24-7-2-3-8-27(24)23-41-30-11-4-5-12-31(30)44-32(34(41)43)21-25-13-15-26(16-14-25)33(42)40-19-17-39(18-20-40)29-10-6-9-28(22-29)35(36,37)38/h2-16,21-22H,17-20,23H2,1H3. The molecule has 2 amide bonds. The number of nitrogens with zero attached hydrogens (tertiary/aromatic N) is 3. The van der Waals surface area contributed by atoms with Crippen LogP contribution in [-0.2, 0) is 17.5 Å². The first-order valence-corrected chi connectivity index (χ1v) is 15.2. The van der Waals surface area contributed by atoms with E-state index in [1.165, 1.54) is 17.8 Å². The number of carbonyl (C=O) groups is 2. The van der Waals surface area contributed by atoms with Gasteiger partial charge in [0.05, 0.1) is 22.7 Å². The Morgan fingerprint density at radius 1 is 0.864 bits per heavy atom. The molecule has 2 aliphatic heterocycles. The molecule has 0 unspecified atom stereocenters. The number of hydrogen-bond donors (Lipinski definition) is 0. The van der Waals surface area contributed by atoms with E-state index >= 15 is 0 Å². The Morgan fingerprint density at radius 3 is 2.30 bits per heavy atom. The summed E-state index contributed by atoms with van der Waals surface area (Å²) in [6.45, 7) is 4.20. The van der Waals surface area contributed by atoms with Crippen molar-refractivity contribution in [1.29, 1.82) is 0 Å². The van der Waals surface area contributed by atoms with Gasteiger partial charge in [-0.1, -0.05) is 66.4 Å². The number of carbonyl (C=O) groups excluding carboxylic acids is 2. The third-order valence-corrected chi connectivity index (χ3v) is 9.06. The molecule has 0 aliphatic carbocycles. The second-order valence-corrected chi connectivity index (χ2v) is 11.9. The van der Waals surface area contributed by atoms with Gasteiger partial charge in [0.1, 0.15) is 0 Å². The van der Waals surface area contributed by atoms with E-state index in [-0.39, 0.29) is 11.8 Å². The van der Waals surface area contributed by atoms with E-state index in [1.54, 1.807) is 23.1 Å². The first-order valence-electron chi connectivity index (χ1n) is 14.3. The lowest BCUT2D eigenvalue weighted by Gasteiger charge is -2.36. The summed E-state index contributed by atoms with van der Waals surface area (Å²) in [5, 5.41) is 0. The number of para-hydroxylation sites is 1. The van der Waals surface area contributed by atoms with Gasteiger partial charge in [-0.05, 0) is 72.2 Å². The molecule has 4 aromatic rings. The molecule has 224 valence electrons. The summed E-state index contributed by atoms with van der Waals surface area (Å²) in [4.78, 5) is 34.0. The van der Waals surface area contributed by atoms with E-state index < -0.39 is 11.7 Å². The SMILES string of the molecule is Cc1ccccc1CN1C(=O)C(=Cc2ccc(C(=O)N3CCN(c4cccc(C(F)(F)F)c4)CC3)cc2)Sc2ccccc21. The van der Waals surface area contributed by atoms with Crippen molar-refractivity contribution >= 4 is 41.0 Å². The Balaban J connectivity index is 1.14. The van der Waals surface area contributed by atoms with Crippen LogP contribution in [0.15, 0.2) is 107 Å². The molecular weight excluding hydrogens is 583 g/mol. The van der Waals surface area contributed by atoms with Crippen LogP contribution >= 0.6 is 11.8 Å². The van der Waals surface area contributed by atoms with Gasteiger partial charge in [0.15, 0.2) is 0 Å². The molecule has 5 nitrogen and oxygen atoms in total. The molecule has 0 aromatic heterocycles. The van der Waals surface area contributed by atoms with Crippen molar-refractivity contribution in [3.63, 3.8) is 0 Å². The number of alkyl halides is 3. The van der Waals surface area contributed by atoms with Crippen molar-refractivity contribution in [3.05, 3.63) is 130 Å². The molecule has 2 aliphatic rings. The largest absolute Gasteiger partial charge is 0.416 e. The van der Waals surface area contributed by atoms with Crippen molar-refractivity contribution in [2.24, 2.45) is 0 Å². The lowest BCUT2D eigenvalue weighted by molar-refractivity contribution is -0.137. The molecule has 0 bridgehead atoms. The maximum Gasteiger partial charge on any atom is 0.416 e. The molecule has 1 saturated heterocycles. The fraction of sp³-hybridized carbons (Fsp3) is 0.200. The highest BCUT2D eigenvalue weighted by Gasteiger charge is 2.32. The van der Waals surface area contributed by atoms with Gasteiger partial charge < -0.3 is 14.7 Å². The number of halogens is 3. The number of fused-ring (bicyclic) bond motifs is 1. The first kappa shape index (κ1) is 29.6. The summed E-state index contributed by atoms with van der Waals surface area (Å²) in [5.41, 5.74) is 4.24. The van der Waals surface area contributed by atoms with E-state index in [1.807, 2.05) is 83.5 Å². The second-order valence-electron chi connectivity index (χ2n) is 10.8. The van der Waals surface area contributed by atoms with E-state index in [9.17, 15) is 22.8 Å². The molecule has 1 fully saturated rings. The van der Waals surface area contributed by atoms with Gasteiger partial charge >= 0.3 is 6.18 Å². The van der Waals surface area contributed by atoms with Crippen LogP contribution in [0.2, 0.25) is 0 Å². The average Bonchev–Trinajstić information content (AvgIpc) is 3.03. The molecule has 0 radical (unpaired) electrons.